The standard InChI is InChI=1S/C22H31N.C10H16N2.C5H8.C2H6/c1-4-6-10-22(23)14-11-17(3)15-18(5-2)21-13-12-19-8-7-9-20(19)16-21;1-3-4-8-12(2)10-6-5-7-11-9-10;1-3-5-4-2;1-2/h4,6,10-13,16,18H,5,7-9,14-15,23H2,1-3H3;5-7,9H,3-4,8H2,1-2H3;5H,1,4H2,2H3;1-2H3/b6-4-,17-11-,22-10-;;;. The lowest BCUT2D eigenvalue weighted by atomic mass is 9.88. The fourth-order valence-corrected chi connectivity index (χ4v) is 4.64. The maximum absolute atomic E-state index is 6.01. The first-order valence-electron chi connectivity index (χ1n) is 16.2. The first kappa shape index (κ1) is 38.7. The number of hydrogen-bond donors (Lipinski definition) is 1. The molecule has 3 nitrogen and oxygen atoms in total. The van der Waals surface area contributed by atoms with Gasteiger partial charge in [-0.2, -0.15) is 0 Å². The van der Waals surface area contributed by atoms with Gasteiger partial charge in [0.2, 0.25) is 0 Å². The van der Waals surface area contributed by atoms with Gasteiger partial charge >= 0.3 is 0 Å². The third kappa shape index (κ3) is 16.8. The molecule has 0 saturated heterocycles. The van der Waals surface area contributed by atoms with E-state index in [1.165, 1.54) is 55.3 Å². The largest absolute Gasteiger partial charge is 0.402 e. The van der Waals surface area contributed by atoms with Gasteiger partial charge in [0.15, 0.2) is 0 Å². The Morgan fingerprint density at radius 3 is 2.45 bits per heavy atom. The maximum atomic E-state index is 6.01. The molecule has 2 N–H and O–H groups in total. The number of aryl methyl sites for hydroxylation is 2. The highest BCUT2D eigenvalue weighted by molar-refractivity contribution is 5.42. The number of rotatable bonds is 12. The van der Waals surface area contributed by atoms with Gasteiger partial charge in [-0.1, -0.05) is 89.6 Å². The molecule has 1 heterocycles. The molecule has 1 atom stereocenters. The molecule has 0 spiro atoms. The van der Waals surface area contributed by atoms with Crippen molar-refractivity contribution in [3.63, 3.8) is 0 Å². The first-order chi connectivity index (χ1) is 20.4. The molecule has 3 heteroatoms. The quantitative estimate of drug-likeness (QED) is 0.156. The van der Waals surface area contributed by atoms with Crippen LogP contribution in [-0.2, 0) is 12.8 Å². The fraction of sp³-hybridized carbons (Fsp3) is 0.487. The minimum atomic E-state index is 0.623. The van der Waals surface area contributed by atoms with Crippen LogP contribution in [0, 0.1) is 0 Å². The minimum absolute atomic E-state index is 0.623. The monoisotopic (exact) mass is 571 g/mol. The lowest BCUT2D eigenvalue weighted by molar-refractivity contribution is 0.653. The van der Waals surface area contributed by atoms with Gasteiger partial charge < -0.3 is 10.6 Å². The van der Waals surface area contributed by atoms with Gasteiger partial charge in [0, 0.05) is 31.9 Å². The Labute approximate surface area is 260 Å². The second kappa shape index (κ2) is 25.4. The lowest BCUT2D eigenvalue weighted by Crippen LogP contribution is -2.18. The first-order valence-corrected chi connectivity index (χ1v) is 16.2. The zero-order valence-corrected chi connectivity index (χ0v) is 28.3. The smallest absolute Gasteiger partial charge is 0.0550 e. The Bertz CT molecular complexity index is 1090. The molecule has 0 fully saturated rings. The van der Waals surface area contributed by atoms with Gasteiger partial charge in [-0.3, -0.25) is 4.98 Å². The van der Waals surface area contributed by atoms with Crippen molar-refractivity contribution in [3.05, 3.63) is 113 Å². The second-order valence-corrected chi connectivity index (χ2v) is 10.5. The Kier molecular flexibility index (Phi) is 23.4. The van der Waals surface area contributed by atoms with E-state index in [1.54, 1.807) is 17.3 Å². The maximum Gasteiger partial charge on any atom is 0.0550 e. The van der Waals surface area contributed by atoms with Crippen LogP contribution in [0.15, 0.2) is 96.7 Å². The van der Waals surface area contributed by atoms with Gasteiger partial charge in [-0.25, -0.2) is 0 Å². The van der Waals surface area contributed by atoms with E-state index in [-0.39, 0.29) is 0 Å². The molecule has 2 aromatic rings. The Morgan fingerprint density at radius 1 is 1.14 bits per heavy atom. The van der Waals surface area contributed by atoms with Crippen LogP contribution in [0.5, 0.6) is 0 Å². The van der Waals surface area contributed by atoms with Gasteiger partial charge in [0.25, 0.3) is 0 Å². The fourth-order valence-electron chi connectivity index (χ4n) is 4.64. The van der Waals surface area contributed by atoms with Gasteiger partial charge in [0.05, 0.1) is 11.9 Å². The molecule has 0 radical (unpaired) electrons. The zero-order valence-electron chi connectivity index (χ0n) is 28.3. The van der Waals surface area contributed by atoms with Crippen LogP contribution in [-0.4, -0.2) is 18.6 Å². The number of aromatic nitrogens is 1. The Balaban J connectivity index is 0.000000736. The number of fused-ring (bicyclic) bond motifs is 1. The van der Waals surface area contributed by atoms with Crippen molar-refractivity contribution >= 4 is 5.69 Å². The van der Waals surface area contributed by atoms with Crippen LogP contribution in [0.2, 0.25) is 0 Å². The highest BCUT2D eigenvalue weighted by Gasteiger charge is 2.15. The van der Waals surface area contributed by atoms with E-state index in [0.717, 1.165) is 31.5 Å². The van der Waals surface area contributed by atoms with Crippen molar-refractivity contribution in [2.45, 2.75) is 112 Å². The molecule has 232 valence electrons. The summed E-state index contributed by atoms with van der Waals surface area (Å²) in [5, 5.41) is 0. The average Bonchev–Trinajstić information content (AvgIpc) is 3.51. The number of anilines is 1. The summed E-state index contributed by atoms with van der Waals surface area (Å²) in [4.78, 5) is 6.30. The van der Waals surface area contributed by atoms with Crippen LogP contribution in [0.4, 0.5) is 5.69 Å². The summed E-state index contributed by atoms with van der Waals surface area (Å²) in [5.74, 6) is 0.623. The number of benzene rings is 1. The van der Waals surface area contributed by atoms with Crippen molar-refractivity contribution in [2.24, 2.45) is 5.73 Å². The number of nitrogens with two attached hydrogens (primary N) is 1. The van der Waals surface area contributed by atoms with Crippen LogP contribution in [0.3, 0.4) is 0 Å². The average molecular weight is 572 g/mol. The molecule has 0 saturated carbocycles. The summed E-state index contributed by atoms with van der Waals surface area (Å²) in [6.07, 6.45) is 24.4. The van der Waals surface area contributed by atoms with E-state index >= 15 is 0 Å². The predicted molar refractivity (Wildman–Crippen MR) is 189 cm³/mol. The number of allylic oxidation sites excluding steroid dienone is 6. The molecule has 1 aromatic heterocycles. The highest BCUT2D eigenvalue weighted by atomic mass is 15.1. The highest BCUT2D eigenvalue weighted by Crippen LogP contribution is 2.31. The van der Waals surface area contributed by atoms with Crippen LogP contribution < -0.4 is 10.6 Å². The molecule has 1 unspecified atom stereocenters. The van der Waals surface area contributed by atoms with Crippen molar-refractivity contribution in [1.29, 1.82) is 0 Å². The van der Waals surface area contributed by atoms with E-state index in [0.29, 0.717) is 5.92 Å². The molecule has 0 bridgehead atoms. The predicted octanol–water partition coefficient (Wildman–Crippen LogP) is 10.9. The normalized spacial score (nSPS) is 12.9. The molecule has 1 aliphatic carbocycles. The number of unbranched alkanes of at least 4 members (excludes halogenated alkanes) is 1. The van der Waals surface area contributed by atoms with Gasteiger partial charge in [-0.05, 0) is 106 Å². The molecular weight excluding hydrogens is 510 g/mol. The zero-order chi connectivity index (χ0) is 31.6. The third-order valence-corrected chi connectivity index (χ3v) is 7.13. The molecule has 1 aromatic carbocycles. The second-order valence-electron chi connectivity index (χ2n) is 10.5. The minimum Gasteiger partial charge on any atom is -0.402 e. The van der Waals surface area contributed by atoms with E-state index in [4.69, 9.17) is 5.73 Å². The number of nitrogens with zero attached hydrogens (tertiary/aromatic N) is 2. The topological polar surface area (TPSA) is 42.1 Å². The van der Waals surface area contributed by atoms with E-state index in [1.807, 2.05) is 57.3 Å². The van der Waals surface area contributed by atoms with E-state index in [9.17, 15) is 0 Å². The third-order valence-electron chi connectivity index (χ3n) is 7.13. The molecule has 3 rings (SSSR count). The SMILES string of the molecule is C/C=C\C=C(/N)C/C=C(/C)CC(CC)c1ccc2c(c1)CCC2.C=C=CCC.CC.CCCCN(C)c1cccnc1. The summed E-state index contributed by atoms with van der Waals surface area (Å²) in [6.45, 7) is 19.3. The van der Waals surface area contributed by atoms with Crippen LogP contribution in [0.25, 0.3) is 0 Å². The van der Waals surface area contributed by atoms with Crippen LogP contribution in [0.1, 0.15) is 116 Å². The Morgan fingerprint density at radius 2 is 1.88 bits per heavy atom. The van der Waals surface area contributed by atoms with E-state index in [2.05, 4.69) is 87.3 Å². The van der Waals surface area contributed by atoms with Crippen molar-refractivity contribution in [1.82, 2.24) is 4.98 Å². The van der Waals surface area contributed by atoms with Gasteiger partial charge in [-0.15, -0.1) is 5.73 Å². The molecule has 0 aliphatic heterocycles. The summed E-state index contributed by atoms with van der Waals surface area (Å²) in [5.41, 5.74) is 16.9. The van der Waals surface area contributed by atoms with Crippen molar-refractivity contribution < 1.29 is 0 Å². The number of hydrogen-bond acceptors (Lipinski definition) is 3. The molecule has 0 amide bonds. The van der Waals surface area contributed by atoms with E-state index < -0.39 is 0 Å². The lowest BCUT2D eigenvalue weighted by Gasteiger charge is -2.17. The summed E-state index contributed by atoms with van der Waals surface area (Å²) in [6, 6.07) is 11.2. The van der Waals surface area contributed by atoms with Gasteiger partial charge in [0.1, 0.15) is 0 Å². The van der Waals surface area contributed by atoms with Crippen molar-refractivity contribution in [3.8, 4) is 0 Å². The molecule has 42 heavy (non-hydrogen) atoms. The summed E-state index contributed by atoms with van der Waals surface area (Å²) in [7, 11) is 2.10. The summed E-state index contributed by atoms with van der Waals surface area (Å²) < 4.78 is 0. The summed E-state index contributed by atoms with van der Waals surface area (Å²) >= 11 is 0. The van der Waals surface area contributed by atoms with Crippen molar-refractivity contribution in [2.75, 3.05) is 18.5 Å². The molecular formula is C39H61N3. The molecule has 1 aliphatic rings. The number of pyridine rings is 1. The Hall–Kier alpha value is -3.29. The van der Waals surface area contributed by atoms with Crippen LogP contribution >= 0.6 is 0 Å².